The van der Waals surface area contributed by atoms with Crippen LogP contribution in [0, 0.1) is 5.92 Å². The number of hydrogen-bond donors (Lipinski definition) is 2. The molecule has 0 spiro atoms. The minimum absolute atomic E-state index is 0.0164. The molecule has 3 N–H and O–H groups in total. The summed E-state index contributed by atoms with van der Waals surface area (Å²) in [4.78, 5) is 12.1. The molecule has 104 valence electrons. The van der Waals surface area contributed by atoms with Crippen molar-refractivity contribution in [2.45, 2.75) is 51.5 Å². The molecule has 0 aromatic heterocycles. The van der Waals surface area contributed by atoms with E-state index < -0.39 is 0 Å². The molecule has 2 rings (SSSR count). The van der Waals surface area contributed by atoms with Crippen LogP contribution in [0.2, 0.25) is 0 Å². The second kappa shape index (κ2) is 6.60. The number of carbonyl (C=O) groups is 1. The Morgan fingerprint density at radius 3 is 2.68 bits per heavy atom. The maximum atomic E-state index is 12.1. The molecule has 1 aliphatic carbocycles. The lowest BCUT2D eigenvalue weighted by Crippen LogP contribution is -2.29. The van der Waals surface area contributed by atoms with Gasteiger partial charge in [0.05, 0.1) is 6.04 Å². The van der Waals surface area contributed by atoms with Crippen molar-refractivity contribution in [2.75, 3.05) is 5.73 Å². The maximum absolute atomic E-state index is 12.1. The van der Waals surface area contributed by atoms with E-state index >= 15 is 0 Å². The van der Waals surface area contributed by atoms with E-state index in [9.17, 15) is 4.79 Å². The molecular weight excluding hydrogens is 236 g/mol. The second-order valence-corrected chi connectivity index (χ2v) is 5.63. The van der Waals surface area contributed by atoms with Crippen LogP contribution in [0.15, 0.2) is 24.3 Å². The van der Waals surface area contributed by atoms with Gasteiger partial charge in [0.1, 0.15) is 0 Å². The van der Waals surface area contributed by atoms with E-state index in [1.807, 2.05) is 31.2 Å². The highest BCUT2D eigenvalue weighted by Gasteiger charge is 2.18. The SMILES string of the molecule is CC(NC(=O)CC1CCCCC1)c1ccccc1N. The van der Waals surface area contributed by atoms with E-state index in [1.165, 1.54) is 32.1 Å². The summed E-state index contributed by atoms with van der Waals surface area (Å²) in [7, 11) is 0. The molecule has 0 radical (unpaired) electrons. The quantitative estimate of drug-likeness (QED) is 0.815. The Bertz CT molecular complexity index is 425. The molecule has 1 fully saturated rings. The smallest absolute Gasteiger partial charge is 0.220 e. The van der Waals surface area contributed by atoms with E-state index in [0.29, 0.717) is 12.3 Å². The van der Waals surface area contributed by atoms with Gasteiger partial charge in [0, 0.05) is 12.1 Å². The molecule has 1 aliphatic rings. The normalized spacial score (nSPS) is 17.9. The number of hydrogen-bond acceptors (Lipinski definition) is 2. The summed E-state index contributed by atoms with van der Waals surface area (Å²) in [6.07, 6.45) is 6.95. The first-order valence-corrected chi connectivity index (χ1v) is 7.30. The predicted octanol–water partition coefficient (Wildman–Crippen LogP) is 3.42. The summed E-state index contributed by atoms with van der Waals surface area (Å²) >= 11 is 0. The minimum Gasteiger partial charge on any atom is -0.398 e. The first-order chi connectivity index (χ1) is 9.16. The molecule has 1 atom stereocenters. The molecule has 0 saturated heterocycles. The van der Waals surface area contributed by atoms with Gasteiger partial charge in [0.2, 0.25) is 5.91 Å². The summed E-state index contributed by atoms with van der Waals surface area (Å²) in [6, 6.07) is 7.70. The number of para-hydroxylation sites is 1. The zero-order valence-corrected chi connectivity index (χ0v) is 11.7. The van der Waals surface area contributed by atoms with Crippen LogP contribution in [0.5, 0.6) is 0 Å². The lowest BCUT2D eigenvalue weighted by molar-refractivity contribution is -0.122. The van der Waals surface area contributed by atoms with Crippen molar-refractivity contribution in [1.29, 1.82) is 0 Å². The molecule has 1 aromatic carbocycles. The Hall–Kier alpha value is -1.51. The van der Waals surface area contributed by atoms with Crippen LogP contribution in [0.3, 0.4) is 0 Å². The average molecular weight is 260 g/mol. The number of nitrogen functional groups attached to an aromatic ring is 1. The molecule has 19 heavy (non-hydrogen) atoms. The van der Waals surface area contributed by atoms with Gasteiger partial charge in [-0.2, -0.15) is 0 Å². The Morgan fingerprint density at radius 2 is 2.00 bits per heavy atom. The van der Waals surface area contributed by atoms with Gasteiger partial charge in [-0.1, -0.05) is 37.5 Å². The second-order valence-electron chi connectivity index (χ2n) is 5.63. The number of rotatable bonds is 4. The van der Waals surface area contributed by atoms with Crippen LogP contribution >= 0.6 is 0 Å². The molecule has 3 nitrogen and oxygen atoms in total. The Labute approximate surface area is 115 Å². The van der Waals surface area contributed by atoms with Crippen LogP contribution in [0.1, 0.15) is 57.1 Å². The first kappa shape index (κ1) is 13.9. The molecule has 0 heterocycles. The monoisotopic (exact) mass is 260 g/mol. The van der Waals surface area contributed by atoms with Gasteiger partial charge in [0.15, 0.2) is 0 Å². The standard InChI is InChI=1S/C16H24N2O/c1-12(14-9-5-6-10-15(14)17)18-16(19)11-13-7-3-2-4-8-13/h5-6,9-10,12-13H,2-4,7-8,11,17H2,1H3,(H,18,19). The average Bonchev–Trinajstić information content (AvgIpc) is 2.40. The van der Waals surface area contributed by atoms with Crippen LogP contribution in [0.4, 0.5) is 5.69 Å². The third kappa shape index (κ3) is 3.98. The number of amides is 1. The molecule has 1 amide bonds. The topological polar surface area (TPSA) is 55.1 Å². The van der Waals surface area contributed by atoms with Crippen molar-refractivity contribution >= 4 is 11.6 Å². The third-order valence-corrected chi connectivity index (χ3v) is 4.04. The van der Waals surface area contributed by atoms with Crippen molar-refractivity contribution in [1.82, 2.24) is 5.32 Å². The van der Waals surface area contributed by atoms with Gasteiger partial charge in [-0.25, -0.2) is 0 Å². The van der Waals surface area contributed by atoms with Crippen molar-refractivity contribution in [2.24, 2.45) is 5.92 Å². The van der Waals surface area contributed by atoms with Gasteiger partial charge in [-0.05, 0) is 37.3 Å². The molecule has 1 unspecified atom stereocenters. The Kier molecular flexibility index (Phi) is 4.83. The number of benzene rings is 1. The summed E-state index contributed by atoms with van der Waals surface area (Å²) in [5.74, 6) is 0.733. The summed E-state index contributed by atoms with van der Waals surface area (Å²) < 4.78 is 0. The van der Waals surface area contributed by atoms with Crippen molar-refractivity contribution in [3.8, 4) is 0 Å². The summed E-state index contributed by atoms with van der Waals surface area (Å²) in [6.45, 7) is 1.99. The maximum Gasteiger partial charge on any atom is 0.220 e. The molecular formula is C16H24N2O. The molecule has 0 aliphatic heterocycles. The highest BCUT2D eigenvalue weighted by Crippen LogP contribution is 2.26. The third-order valence-electron chi connectivity index (χ3n) is 4.04. The van der Waals surface area contributed by atoms with E-state index in [0.717, 1.165) is 11.3 Å². The molecule has 0 bridgehead atoms. The number of nitrogens with one attached hydrogen (secondary N) is 1. The van der Waals surface area contributed by atoms with Gasteiger partial charge in [-0.15, -0.1) is 0 Å². The van der Waals surface area contributed by atoms with Crippen LogP contribution in [-0.4, -0.2) is 5.91 Å². The van der Waals surface area contributed by atoms with Gasteiger partial charge in [-0.3, -0.25) is 4.79 Å². The van der Waals surface area contributed by atoms with Crippen LogP contribution in [0.25, 0.3) is 0 Å². The minimum atomic E-state index is -0.0164. The highest BCUT2D eigenvalue weighted by molar-refractivity contribution is 5.77. The van der Waals surface area contributed by atoms with Crippen LogP contribution < -0.4 is 11.1 Å². The summed E-state index contributed by atoms with van der Waals surface area (Å²) in [5, 5.41) is 3.07. The Morgan fingerprint density at radius 1 is 1.32 bits per heavy atom. The van der Waals surface area contributed by atoms with E-state index in [2.05, 4.69) is 5.32 Å². The van der Waals surface area contributed by atoms with E-state index in [4.69, 9.17) is 5.73 Å². The lowest BCUT2D eigenvalue weighted by atomic mass is 9.87. The molecule has 1 saturated carbocycles. The number of carbonyl (C=O) groups excluding carboxylic acids is 1. The molecule has 1 aromatic rings. The highest BCUT2D eigenvalue weighted by atomic mass is 16.1. The molecule has 3 heteroatoms. The van der Waals surface area contributed by atoms with Crippen molar-refractivity contribution in [3.05, 3.63) is 29.8 Å². The van der Waals surface area contributed by atoms with Crippen LogP contribution in [-0.2, 0) is 4.79 Å². The fraction of sp³-hybridized carbons (Fsp3) is 0.562. The zero-order chi connectivity index (χ0) is 13.7. The zero-order valence-electron chi connectivity index (χ0n) is 11.7. The summed E-state index contributed by atoms with van der Waals surface area (Å²) in [5.41, 5.74) is 7.67. The Balaban J connectivity index is 1.86. The van der Waals surface area contributed by atoms with E-state index in [1.54, 1.807) is 0 Å². The number of anilines is 1. The first-order valence-electron chi connectivity index (χ1n) is 7.30. The fourth-order valence-corrected chi connectivity index (χ4v) is 2.94. The largest absolute Gasteiger partial charge is 0.398 e. The van der Waals surface area contributed by atoms with E-state index in [-0.39, 0.29) is 11.9 Å². The predicted molar refractivity (Wildman–Crippen MR) is 78.6 cm³/mol. The fourth-order valence-electron chi connectivity index (χ4n) is 2.94. The van der Waals surface area contributed by atoms with Gasteiger partial charge in [0.25, 0.3) is 0 Å². The van der Waals surface area contributed by atoms with Gasteiger partial charge < -0.3 is 11.1 Å². The van der Waals surface area contributed by atoms with Crippen molar-refractivity contribution in [3.63, 3.8) is 0 Å². The lowest BCUT2D eigenvalue weighted by Gasteiger charge is -2.22. The number of nitrogens with two attached hydrogens (primary N) is 1. The van der Waals surface area contributed by atoms with Gasteiger partial charge >= 0.3 is 0 Å². The van der Waals surface area contributed by atoms with Crippen molar-refractivity contribution < 1.29 is 4.79 Å².